The average Bonchev–Trinajstić information content (AvgIpc) is 2.91. The SMILES string of the molecule is O=C1ON=C(c2ccc([N+](=O)[O-])cc2)/C1=C\c1ccccc1Cl. The summed E-state index contributed by atoms with van der Waals surface area (Å²) in [6.07, 6.45) is 1.58. The molecular weight excluding hydrogens is 320 g/mol. The maximum atomic E-state index is 11.9. The number of nitro benzene ring substituents is 1. The highest BCUT2D eigenvalue weighted by Gasteiger charge is 2.27. The molecule has 0 aromatic heterocycles. The van der Waals surface area contributed by atoms with Crippen LogP contribution in [-0.2, 0) is 9.63 Å². The maximum absolute atomic E-state index is 11.9. The Balaban J connectivity index is 2.00. The largest absolute Gasteiger partial charge is 0.368 e. The van der Waals surface area contributed by atoms with E-state index in [1.165, 1.54) is 24.3 Å². The Bertz CT molecular complexity index is 857. The lowest BCUT2D eigenvalue weighted by atomic mass is 10.0. The smallest absolute Gasteiger partial charge is 0.312 e. The number of non-ortho nitro benzene ring substituents is 1. The van der Waals surface area contributed by atoms with Crippen molar-refractivity contribution in [2.45, 2.75) is 0 Å². The third-order valence-electron chi connectivity index (χ3n) is 3.25. The minimum atomic E-state index is -0.599. The van der Waals surface area contributed by atoms with Crippen molar-refractivity contribution < 1.29 is 14.6 Å². The molecule has 0 radical (unpaired) electrons. The van der Waals surface area contributed by atoms with E-state index in [2.05, 4.69) is 5.16 Å². The van der Waals surface area contributed by atoms with Crippen LogP contribution in [0.2, 0.25) is 5.02 Å². The van der Waals surface area contributed by atoms with Crippen molar-refractivity contribution in [3.8, 4) is 0 Å². The lowest BCUT2D eigenvalue weighted by molar-refractivity contribution is -0.384. The van der Waals surface area contributed by atoms with Crippen molar-refractivity contribution in [2.75, 3.05) is 0 Å². The molecule has 0 atom stereocenters. The summed E-state index contributed by atoms with van der Waals surface area (Å²) >= 11 is 6.09. The molecule has 23 heavy (non-hydrogen) atoms. The molecule has 7 heteroatoms. The van der Waals surface area contributed by atoms with E-state index in [0.717, 1.165) is 0 Å². The Kier molecular flexibility index (Phi) is 3.91. The van der Waals surface area contributed by atoms with Crippen LogP contribution in [0.4, 0.5) is 5.69 Å². The van der Waals surface area contributed by atoms with Gasteiger partial charge in [-0.2, -0.15) is 0 Å². The number of hydrogen-bond donors (Lipinski definition) is 0. The van der Waals surface area contributed by atoms with Crippen LogP contribution < -0.4 is 0 Å². The van der Waals surface area contributed by atoms with Gasteiger partial charge in [0.15, 0.2) is 0 Å². The van der Waals surface area contributed by atoms with Crippen LogP contribution in [0.3, 0.4) is 0 Å². The van der Waals surface area contributed by atoms with E-state index < -0.39 is 10.9 Å². The predicted octanol–water partition coefficient (Wildman–Crippen LogP) is 3.59. The van der Waals surface area contributed by atoms with Crippen molar-refractivity contribution >= 4 is 35.0 Å². The van der Waals surface area contributed by atoms with Gasteiger partial charge in [0, 0.05) is 22.7 Å². The average molecular weight is 329 g/mol. The third-order valence-corrected chi connectivity index (χ3v) is 3.60. The fourth-order valence-electron chi connectivity index (χ4n) is 2.11. The molecule has 3 rings (SSSR count). The van der Waals surface area contributed by atoms with Gasteiger partial charge in [0.25, 0.3) is 5.69 Å². The van der Waals surface area contributed by atoms with E-state index in [1.54, 1.807) is 30.3 Å². The fourth-order valence-corrected chi connectivity index (χ4v) is 2.30. The van der Waals surface area contributed by atoms with Crippen LogP contribution in [0.25, 0.3) is 6.08 Å². The number of carbonyl (C=O) groups excluding carboxylic acids is 1. The lowest BCUT2D eigenvalue weighted by Gasteiger charge is -2.02. The predicted molar refractivity (Wildman–Crippen MR) is 85.2 cm³/mol. The van der Waals surface area contributed by atoms with Crippen molar-refractivity contribution in [2.24, 2.45) is 5.16 Å². The molecule has 6 nitrogen and oxygen atoms in total. The summed E-state index contributed by atoms with van der Waals surface area (Å²) < 4.78 is 0. The van der Waals surface area contributed by atoms with Gasteiger partial charge >= 0.3 is 5.97 Å². The van der Waals surface area contributed by atoms with Crippen LogP contribution in [0.15, 0.2) is 59.3 Å². The van der Waals surface area contributed by atoms with E-state index in [9.17, 15) is 14.9 Å². The Labute approximate surface area is 135 Å². The van der Waals surface area contributed by atoms with Gasteiger partial charge in [-0.05, 0) is 29.8 Å². The zero-order chi connectivity index (χ0) is 16.4. The molecule has 2 aromatic carbocycles. The summed E-state index contributed by atoms with van der Waals surface area (Å²) in [7, 11) is 0. The third kappa shape index (κ3) is 2.97. The van der Waals surface area contributed by atoms with Crippen molar-refractivity contribution in [1.82, 2.24) is 0 Å². The first-order valence-corrected chi connectivity index (χ1v) is 6.95. The Morgan fingerprint density at radius 1 is 1.13 bits per heavy atom. The summed E-state index contributed by atoms with van der Waals surface area (Å²) in [6, 6.07) is 12.7. The highest BCUT2D eigenvalue weighted by molar-refractivity contribution is 6.34. The second-order valence-corrected chi connectivity index (χ2v) is 5.11. The number of halogens is 1. The Morgan fingerprint density at radius 2 is 1.83 bits per heavy atom. The van der Waals surface area contributed by atoms with Crippen molar-refractivity contribution in [1.29, 1.82) is 0 Å². The summed E-state index contributed by atoms with van der Waals surface area (Å²) in [5, 5.41) is 14.9. The quantitative estimate of drug-likeness (QED) is 0.373. The number of carbonyl (C=O) groups is 1. The summed E-state index contributed by atoms with van der Waals surface area (Å²) in [4.78, 5) is 26.8. The first-order valence-electron chi connectivity index (χ1n) is 6.57. The standard InChI is InChI=1S/C16H9ClN2O4/c17-14-4-2-1-3-11(14)9-13-15(18-23-16(13)20)10-5-7-12(8-6-10)19(21)22/h1-9H/b13-9+. The molecule has 2 aromatic rings. The number of nitro groups is 1. The molecule has 0 N–H and O–H groups in total. The molecule has 1 aliphatic rings. The molecule has 0 aliphatic carbocycles. The molecule has 1 aliphatic heterocycles. The molecule has 0 bridgehead atoms. The van der Waals surface area contributed by atoms with Gasteiger partial charge in [0.05, 0.1) is 10.5 Å². The summed E-state index contributed by atoms with van der Waals surface area (Å²) in [5.74, 6) is -0.599. The number of hydrogen-bond acceptors (Lipinski definition) is 5. The molecule has 0 saturated heterocycles. The zero-order valence-corrected chi connectivity index (χ0v) is 12.4. The van der Waals surface area contributed by atoms with Crippen molar-refractivity contribution in [3.63, 3.8) is 0 Å². The maximum Gasteiger partial charge on any atom is 0.368 e. The Morgan fingerprint density at radius 3 is 2.48 bits per heavy atom. The highest BCUT2D eigenvalue weighted by Crippen LogP contribution is 2.25. The number of benzene rings is 2. The van der Waals surface area contributed by atoms with Crippen LogP contribution in [0, 0.1) is 10.1 Å². The summed E-state index contributed by atoms with van der Waals surface area (Å²) in [6.45, 7) is 0. The van der Waals surface area contributed by atoms with Crippen LogP contribution in [-0.4, -0.2) is 16.6 Å². The molecule has 1 heterocycles. The molecule has 0 unspecified atom stereocenters. The number of oxime groups is 1. The normalized spacial score (nSPS) is 15.4. The van der Waals surface area contributed by atoms with E-state index in [-0.39, 0.29) is 11.3 Å². The minimum absolute atomic E-state index is 0.0452. The zero-order valence-electron chi connectivity index (χ0n) is 11.6. The molecule has 0 fully saturated rings. The van der Waals surface area contributed by atoms with Crippen LogP contribution >= 0.6 is 11.6 Å². The van der Waals surface area contributed by atoms with E-state index >= 15 is 0 Å². The second-order valence-electron chi connectivity index (χ2n) is 4.70. The highest BCUT2D eigenvalue weighted by atomic mass is 35.5. The van der Waals surface area contributed by atoms with Gasteiger partial charge < -0.3 is 4.84 Å². The van der Waals surface area contributed by atoms with Gasteiger partial charge in [-0.25, -0.2) is 4.79 Å². The van der Waals surface area contributed by atoms with Gasteiger partial charge in [-0.1, -0.05) is 35.0 Å². The molecular formula is C16H9ClN2O4. The van der Waals surface area contributed by atoms with E-state index in [4.69, 9.17) is 16.4 Å². The molecule has 0 saturated carbocycles. The number of rotatable bonds is 3. The minimum Gasteiger partial charge on any atom is -0.312 e. The van der Waals surface area contributed by atoms with Crippen LogP contribution in [0.1, 0.15) is 11.1 Å². The summed E-state index contributed by atoms with van der Waals surface area (Å²) in [5.41, 5.74) is 1.70. The van der Waals surface area contributed by atoms with Gasteiger partial charge in [-0.3, -0.25) is 10.1 Å². The second kappa shape index (κ2) is 6.02. The van der Waals surface area contributed by atoms with Crippen molar-refractivity contribution in [3.05, 3.63) is 80.4 Å². The first-order chi connectivity index (χ1) is 11.1. The molecule has 114 valence electrons. The molecule has 0 amide bonds. The Hall–Kier alpha value is -2.99. The topological polar surface area (TPSA) is 81.8 Å². The lowest BCUT2D eigenvalue weighted by Crippen LogP contribution is -2.07. The fraction of sp³-hybridized carbons (Fsp3) is 0. The van der Waals surface area contributed by atoms with E-state index in [1.807, 2.05) is 0 Å². The van der Waals surface area contributed by atoms with E-state index in [0.29, 0.717) is 21.9 Å². The monoisotopic (exact) mass is 328 g/mol. The van der Waals surface area contributed by atoms with Gasteiger partial charge in [-0.15, -0.1) is 0 Å². The molecule has 0 spiro atoms. The number of nitrogens with zero attached hydrogens (tertiary/aromatic N) is 2. The van der Waals surface area contributed by atoms with Crippen LogP contribution in [0.5, 0.6) is 0 Å². The van der Waals surface area contributed by atoms with Gasteiger partial charge in [0.1, 0.15) is 5.71 Å². The first kappa shape index (κ1) is 14.9. The van der Waals surface area contributed by atoms with Gasteiger partial charge in [0.2, 0.25) is 0 Å².